The molecule has 5 heterocycles. The predicted molar refractivity (Wildman–Crippen MR) is 303 cm³/mol. The maximum Gasteiger partial charge on any atom is 0.159 e. The summed E-state index contributed by atoms with van der Waals surface area (Å²) in [7, 11) is 0. The van der Waals surface area contributed by atoms with Gasteiger partial charge in [0.1, 0.15) is 51.6 Å². The molecule has 0 saturated heterocycles. The Labute approximate surface area is 447 Å². The topological polar surface area (TPSA) is 56.5 Å². The first-order valence-corrected chi connectivity index (χ1v) is 27.7. The third-order valence-electron chi connectivity index (χ3n) is 13.8. The summed E-state index contributed by atoms with van der Waals surface area (Å²) in [6.07, 6.45) is 0. The number of ether oxygens (including phenoxy) is 4. The fourth-order valence-electron chi connectivity index (χ4n) is 10.3. The monoisotopic (exact) mass is 1040 g/mol. The lowest BCUT2D eigenvalue weighted by Gasteiger charge is -2.32. The molecule has 11 heteroatoms. The summed E-state index contributed by atoms with van der Waals surface area (Å²) in [4.78, 5) is 13.1. The van der Waals surface area contributed by atoms with Gasteiger partial charge in [-0.15, -0.1) is 0 Å². The van der Waals surface area contributed by atoms with Gasteiger partial charge in [-0.2, -0.15) is 0 Å². The van der Waals surface area contributed by atoms with Crippen LogP contribution in [0.2, 0.25) is 0 Å². The molecule has 0 N–H and O–H groups in total. The van der Waals surface area contributed by atoms with Crippen molar-refractivity contribution in [3.05, 3.63) is 218 Å². The molecular formula is C64H36N2O5S4. The lowest BCUT2D eigenvalue weighted by Crippen LogP contribution is -2.14. The lowest BCUT2D eigenvalue weighted by atomic mass is 10.0. The molecule has 0 radical (unpaired) electrons. The van der Waals surface area contributed by atoms with Crippen LogP contribution in [-0.2, 0) is 0 Å². The molecule has 0 saturated carbocycles. The first kappa shape index (κ1) is 43.1. The summed E-state index contributed by atoms with van der Waals surface area (Å²) >= 11 is 6.86. The number of nitrogens with zero attached hydrogens (tertiary/aromatic N) is 2. The molecular weight excluding hydrogens is 1000 g/mol. The average molecular weight is 1040 g/mol. The number of furan rings is 1. The van der Waals surface area contributed by atoms with E-state index in [1.807, 2.05) is 60.7 Å². The molecule has 0 atom stereocenters. The third kappa shape index (κ3) is 7.33. The summed E-state index contributed by atoms with van der Waals surface area (Å²) in [5.74, 6) is 6.42. The van der Waals surface area contributed by atoms with Crippen LogP contribution in [0.15, 0.2) is 262 Å². The van der Waals surface area contributed by atoms with Crippen LogP contribution < -0.4 is 28.7 Å². The minimum absolute atomic E-state index is 0.726. The van der Waals surface area contributed by atoms with E-state index in [4.69, 9.17) is 23.4 Å². The Morgan fingerprint density at radius 1 is 0.267 bits per heavy atom. The van der Waals surface area contributed by atoms with Crippen LogP contribution in [0.4, 0.5) is 34.1 Å². The van der Waals surface area contributed by atoms with Gasteiger partial charge in [0.25, 0.3) is 0 Å². The Hall–Kier alpha value is -8.32. The molecule has 11 aromatic carbocycles. The Balaban J connectivity index is 0.948. The van der Waals surface area contributed by atoms with Gasteiger partial charge in [0, 0.05) is 52.1 Å². The highest BCUT2D eigenvalue weighted by Crippen LogP contribution is 2.56. The Morgan fingerprint density at radius 2 is 0.627 bits per heavy atom. The SMILES string of the molecule is c1ccc2c(c1)Oc1cc(N(c3ccc4c(c3)Oc3ccccc3S4)c3cc(N(c4ccc5c(c4)Oc4ccccc4S5)c4ccc5c(c4)Oc4ccccc4S5)c4oc5cc6ccccc6cc5c4c3)ccc1S2. The third-order valence-corrected chi connectivity index (χ3v) is 18.3. The van der Waals surface area contributed by atoms with Gasteiger partial charge in [0.05, 0.1) is 56.2 Å². The number of anilines is 6. The van der Waals surface area contributed by atoms with Crippen molar-refractivity contribution in [2.24, 2.45) is 0 Å². The molecule has 0 unspecified atom stereocenters. The summed E-state index contributed by atoms with van der Waals surface area (Å²) in [5, 5.41) is 4.17. The van der Waals surface area contributed by atoms with Crippen molar-refractivity contribution in [3.63, 3.8) is 0 Å². The molecule has 0 aliphatic carbocycles. The van der Waals surface area contributed by atoms with Crippen LogP contribution in [0.5, 0.6) is 46.0 Å². The largest absolute Gasteiger partial charge is 0.455 e. The first-order chi connectivity index (χ1) is 37.1. The first-order valence-electron chi connectivity index (χ1n) is 24.4. The second-order valence-electron chi connectivity index (χ2n) is 18.4. The van der Waals surface area contributed by atoms with Gasteiger partial charge < -0.3 is 33.2 Å². The molecule has 7 nitrogen and oxygen atoms in total. The summed E-state index contributed by atoms with van der Waals surface area (Å²) in [6, 6.07) is 76.1. The van der Waals surface area contributed by atoms with Crippen LogP contribution >= 0.6 is 47.0 Å². The van der Waals surface area contributed by atoms with E-state index >= 15 is 0 Å². The highest BCUT2D eigenvalue weighted by atomic mass is 32.2. The standard InChI is InChI=1S/C64H36N2O5S4/c1-2-12-38-30-51-44(29-37(38)11-1)45-31-43(65(39-21-25-60-52(33-39)67-47-13-3-7-17-56(47)72-60)40-22-26-61-53(34-40)68-48-14-4-8-18-57(48)73-61)32-46(64(45)71-51)66(41-23-27-62-54(35-41)69-49-15-5-9-19-58(49)74-62)42-24-28-63-55(36-42)70-50-16-6-10-20-59(50)75-63/h1-36H. The van der Waals surface area contributed by atoms with Crippen LogP contribution in [0, 0.1) is 0 Å². The van der Waals surface area contributed by atoms with Crippen molar-refractivity contribution in [2.75, 3.05) is 9.80 Å². The summed E-state index contributed by atoms with van der Waals surface area (Å²) in [6.45, 7) is 0. The molecule has 0 amide bonds. The predicted octanol–water partition coefficient (Wildman–Crippen LogP) is 20.7. The molecule has 0 spiro atoms. The number of para-hydroxylation sites is 4. The second-order valence-corrected chi connectivity index (χ2v) is 22.8. The number of hydrogen-bond donors (Lipinski definition) is 0. The van der Waals surface area contributed by atoms with E-state index in [9.17, 15) is 0 Å². The van der Waals surface area contributed by atoms with Crippen molar-refractivity contribution in [1.82, 2.24) is 0 Å². The van der Waals surface area contributed by atoms with Gasteiger partial charge in [-0.05, 0) is 132 Å². The average Bonchev–Trinajstić information content (AvgIpc) is 3.82. The Kier molecular flexibility index (Phi) is 9.84. The number of fused-ring (bicyclic) bond motifs is 12. The molecule has 4 aliphatic rings. The van der Waals surface area contributed by atoms with E-state index < -0.39 is 0 Å². The van der Waals surface area contributed by atoms with Gasteiger partial charge in [0.15, 0.2) is 5.58 Å². The van der Waals surface area contributed by atoms with Crippen LogP contribution in [0.25, 0.3) is 32.7 Å². The fourth-order valence-corrected chi connectivity index (χ4v) is 14.0. The highest BCUT2D eigenvalue weighted by molar-refractivity contribution is 8.00. The van der Waals surface area contributed by atoms with Gasteiger partial charge in [-0.3, -0.25) is 0 Å². The fraction of sp³-hybridized carbons (Fsp3) is 0. The molecule has 0 bridgehead atoms. The summed E-state index contributed by atoms with van der Waals surface area (Å²) in [5.41, 5.74) is 6.79. The van der Waals surface area contributed by atoms with E-state index in [2.05, 4.69) is 168 Å². The quantitative estimate of drug-likeness (QED) is 0.160. The second kappa shape index (κ2) is 17.1. The maximum absolute atomic E-state index is 7.22. The van der Waals surface area contributed by atoms with Crippen molar-refractivity contribution in [2.45, 2.75) is 39.2 Å². The molecule has 75 heavy (non-hydrogen) atoms. The minimum Gasteiger partial charge on any atom is -0.455 e. The highest BCUT2D eigenvalue weighted by Gasteiger charge is 2.30. The zero-order valence-electron chi connectivity index (χ0n) is 39.4. The molecule has 0 fully saturated rings. The maximum atomic E-state index is 7.22. The minimum atomic E-state index is 0.726. The van der Waals surface area contributed by atoms with Gasteiger partial charge in [-0.1, -0.05) is 120 Å². The van der Waals surface area contributed by atoms with Crippen molar-refractivity contribution < 1.29 is 23.4 Å². The van der Waals surface area contributed by atoms with E-state index in [1.165, 1.54) is 0 Å². The van der Waals surface area contributed by atoms with Crippen molar-refractivity contribution >= 4 is 114 Å². The van der Waals surface area contributed by atoms with Gasteiger partial charge in [0.2, 0.25) is 0 Å². The number of hydrogen-bond acceptors (Lipinski definition) is 11. The van der Waals surface area contributed by atoms with E-state index in [0.717, 1.165) is 152 Å². The Bertz CT molecular complexity index is 4190. The zero-order valence-corrected chi connectivity index (χ0v) is 42.6. The number of benzene rings is 11. The van der Waals surface area contributed by atoms with E-state index in [0.29, 0.717) is 0 Å². The lowest BCUT2D eigenvalue weighted by molar-refractivity contribution is 0.454. The van der Waals surface area contributed by atoms with E-state index in [-0.39, 0.29) is 0 Å². The van der Waals surface area contributed by atoms with Crippen molar-refractivity contribution in [1.29, 1.82) is 0 Å². The van der Waals surface area contributed by atoms with Gasteiger partial charge >= 0.3 is 0 Å². The van der Waals surface area contributed by atoms with Gasteiger partial charge in [-0.25, -0.2) is 0 Å². The molecule has 1 aromatic heterocycles. The van der Waals surface area contributed by atoms with Crippen molar-refractivity contribution in [3.8, 4) is 46.0 Å². The Morgan fingerprint density at radius 3 is 1.05 bits per heavy atom. The smallest absolute Gasteiger partial charge is 0.159 e. The zero-order chi connectivity index (χ0) is 49.1. The van der Waals surface area contributed by atoms with Crippen LogP contribution in [0.1, 0.15) is 0 Å². The van der Waals surface area contributed by atoms with Crippen LogP contribution in [-0.4, -0.2) is 0 Å². The normalized spacial score (nSPS) is 13.3. The summed E-state index contributed by atoms with van der Waals surface area (Å²) < 4.78 is 34.1. The molecule has 12 aromatic rings. The van der Waals surface area contributed by atoms with E-state index in [1.54, 1.807) is 47.0 Å². The molecule has 356 valence electrons. The van der Waals surface area contributed by atoms with Crippen LogP contribution in [0.3, 0.4) is 0 Å². The number of rotatable bonds is 6. The molecule has 16 rings (SSSR count). The molecule has 4 aliphatic heterocycles.